The summed E-state index contributed by atoms with van der Waals surface area (Å²) in [6.07, 6.45) is 0. The average molecular weight is 314 g/mol. The Labute approximate surface area is 126 Å². The Morgan fingerprint density at radius 1 is 1.16 bits per heavy atom. The summed E-state index contributed by atoms with van der Waals surface area (Å²) < 4.78 is 0.982. The van der Waals surface area contributed by atoms with Gasteiger partial charge in [-0.1, -0.05) is 32.4 Å². The molecular formula is C13H16ClN3S2. The Kier molecular flexibility index (Phi) is 4.18. The minimum Gasteiger partial charge on any atom is -0.235 e. The van der Waals surface area contributed by atoms with Crippen molar-refractivity contribution in [2.24, 2.45) is 0 Å². The molecule has 0 fully saturated rings. The van der Waals surface area contributed by atoms with E-state index in [1.807, 2.05) is 19.2 Å². The molecular weight excluding hydrogens is 298 g/mol. The molecule has 0 bridgehead atoms. The zero-order valence-corrected chi connectivity index (χ0v) is 14.0. The van der Waals surface area contributed by atoms with Crippen molar-refractivity contribution in [3.63, 3.8) is 0 Å². The minimum absolute atomic E-state index is 0.120. The van der Waals surface area contributed by atoms with Crippen LogP contribution in [0.25, 0.3) is 0 Å². The lowest BCUT2D eigenvalue weighted by Gasteiger charge is -2.18. The van der Waals surface area contributed by atoms with Crippen LogP contribution < -0.4 is 0 Å². The monoisotopic (exact) mass is 313 g/mol. The average Bonchev–Trinajstić information content (AvgIpc) is 2.69. The summed E-state index contributed by atoms with van der Waals surface area (Å²) >= 11 is 9.39. The van der Waals surface area contributed by atoms with E-state index in [0.717, 1.165) is 26.4 Å². The van der Waals surface area contributed by atoms with E-state index in [2.05, 4.69) is 35.7 Å². The molecule has 0 N–H and O–H groups in total. The highest BCUT2D eigenvalue weighted by Gasteiger charge is 2.21. The van der Waals surface area contributed by atoms with Crippen LogP contribution in [0, 0.1) is 13.8 Å². The van der Waals surface area contributed by atoms with Crippen LogP contribution in [0.15, 0.2) is 14.7 Å². The normalized spacial score (nSPS) is 11.9. The van der Waals surface area contributed by atoms with Crippen molar-refractivity contribution in [3.8, 4) is 0 Å². The summed E-state index contributed by atoms with van der Waals surface area (Å²) in [6, 6.07) is 0. The van der Waals surface area contributed by atoms with Crippen molar-refractivity contribution in [1.29, 1.82) is 0 Å². The molecule has 19 heavy (non-hydrogen) atoms. The van der Waals surface area contributed by atoms with Crippen LogP contribution in [0.4, 0.5) is 0 Å². The van der Waals surface area contributed by atoms with Crippen LogP contribution in [-0.2, 0) is 5.41 Å². The highest BCUT2D eigenvalue weighted by molar-refractivity contribution is 8.01. The van der Waals surface area contributed by atoms with Crippen molar-refractivity contribution in [2.75, 3.05) is 0 Å². The number of rotatable bonds is 2. The summed E-state index contributed by atoms with van der Waals surface area (Å²) in [6.45, 7) is 10.2. The Morgan fingerprint density at radius 2 is 1.84 bits per heavy atom. The summed E-state index contributed by atoms with van der Waals surface area (Å²) in [5, 5.41) is 3.44. The highest BCUT2D eigenvalue weighted by atomic mass is 35.5. The number of hydrogen-bond acceptors (Lipinski definition) is 5. The molecule has 0 amide bonds. The van der Waals surface area contributed by atoms with E-state index < -0.39 is 0 Å². The van der Waals surface area contributed by atoms with E-state index >= 15 is 0 Å². The van der Waals surface area contributed by atoms with Gasteiger partial charge in [0, 0.05) is 22.1 Å². The molecule has 0 saturated carbocycles. The first-order valence-electron chi connectivity index (χ1n) is 5.92. The van der Waals surface area contributed by atoms with E-state index in [1.165, 1.54) is 0 Å². The number of hydrogen-bond donors (Lipinski definition) is 0. The fourth-order valence-electron chi connectivity index (χ4n) is 1.37. The maximum absolute atomic E-state index is 6.22. The quantitative estimate of drug-likeness (QED) is 0.756. The van der Waals surface area contributed by atoms with E-state index in [1.54, 1.807) is 23.1 Å². The van der Waals surface area contributed by atoms with Gasteiger partial charge in [0.2, 0.25) is 0 Å². The second-order valence-electron chi connectivity index (χ2n) is 5.38. The van der Waals surface area contributed by atoms with Crippen molar-refractivity contribution in [3.05, 3.63) is 27.6 Å². The third-order valence-corrected chi connectivity index (χ3v) is 5.01. The van der Waals surface area contributed by atoms with Gasteiger partial charge >= 0.3 is 0 Å². The van der Waals surface area contributed by atoms with Crippen LogP contribution in [0.2, 0.25) is 5.15 Å². The van der Waals surface area contributed by atoms with Gasteiger partial charge in [-0.15, -0.1) is 11.3 Å². The van der Waals surface area contributed by atoms with Crippen LogP contribution in [-0.4, -0.2) is 15.0 Å². The molecule has 0 aliphatic heterocycles. The molecule has 0 saturated heterocycles. The molecule has 2 aromatic heterocycles. The third-order valence-electron chi connectivity index (χ3n) is 2.49. The number of aromatic nitrogens is 3. The van der Waals surface area contributed by atoms with Crippen molar-refractivity contribution in [1.82, 2.24) is 15.0 Å². The Balaban J connectivity index is 2.41. The molecule has 102 valence electrons. The van der Waals surface area contributed by atoms with Crippen LogP contribution in [0.3, 0.4) is 0 Å². The molecule has 0 radical (unpaired) electrons. The summed E-state index contributed by atoms with van der Waals surface area (Å²) in [5.74, 6) is 0.763. The van der Waals surface area contributed by atoms with Gasteiger partial charge in [-0.3, -0.25) is 0 Å². The largest absolute Gasteiger partial charge is 0.235 e. The molecule has 0 aliphatic rings. The predicted octanol–water partition coefficient (Wildman–Crippen LogP) is 4.65. The number of halogens is 1. The maximum Gasteiger partial charge on any atom is 0.156 e. The molecule has 2 aromatic rings. The lowest BCUT2D eigenvalue weighted by atomic mass is 9.96. The van der Waals surface area contributed by atoms with Gasteiger partial charge in [0.1, 0.15) is 16.0 Å². The molecule has 2 heterocycles. The zero-order chi connectivity index (χ0) is 14.2. The fourth-order valence-corrected chi connectivity index (χ4v) is 3.42. The van der Waals surface area contributed by atoms with Crippen LogP contribution in [0.5, 0.6) is 0 Å². The highest BCUT2D eigenvalue weighted by Crippen LogP contribution is 2.34. The van der Waals surface area contributed by atoms with E-state index in [0.29, 0.717) is 5.15 Å². The van der Waals surface area contributed by atoms with Gasteiger partial charge in [-0.2, -0.15) is 0 Å². The first kappa shape index (κ1) is 14.8. The fraction of sp³-hybridized carbons (Fsp3) is 0.462. The predicted molar refractivity (Wildman–Crippen MR) is 81.5 cm³/mol. The Hall–Kier alpha value is -0.650. The number of aryl methyl sites for hydroxylation is 1. The summed E-state index contributed by atoms with van der Waals surface area (Å²) in [4.78, 5) is 13.5. The molecule has 0 unspecified atom stereocenters. The van der Waals surface area contributed by atoms with Gasteiger partial charge in [0.25, 0.3) is 0 Å². The van der Waals surface area contributed by atoms with Gasteiger partial charge in [0.05, 0.1) is 0 Å². The first-order valence-corrected chi connectivity index (χ1v) is 7.99. The number of thiazole rings is 1. The molecule has 0 aromatic carbocycles. The topological polar surface area (TPSA) is 38.7 Å². The minimum atomic E-state index is -0.120. The summed E-state index contributed by atoms with van der Waals surface area (Å²) in [5.41, 5.74) is 1.82. The smallest absolute Gasteiger partial charge is 0.156 e. The zero-order valence-electron chi connectivity index (χ0n) is 11.6. The number of nitrogens with zero attached hydrogens (tertiary/aromatic N) is 3. The molecule has 0 aliphatic carbocycles. The molecule has 0 atom stereocenters. The second-order valence-corrected chi connectivity index (χ2v) is 7.83. The van der Waals surface area contributed by atoms with Crippen molar-refractivity contribution < 1.29 is 0 Å². The van der Waals surface area contributed by atoms with Crippen molar-refractivity contribution in [2.45, 2.75) is 49.4 Å². The SMILES string of the molecule is Cc1csc(Sc2nc(C(C)(C)C)nc(Cl)c2C)n1. The molecule has 0 spiro atoms. The third kappa shape index (κ3) is 3.46. The van der Waals surface area contributed by atoms with Crippen LogP contribution in [0.1, 0.15) is 37.9 Å². The molecule has 2 rings (SSSR count). The van der Waals surface area contributed by atoms with Crippen LogP contribution >= 0.6 is 34.7 Å². The van der Waals surface area contributed by atoms with E-state index in [4.69, 9.17) is 11.6 Å². The summed E-state index contributed by atoms with van der Waals surface area (Å²) in [7, 11) is 0. The van der Waals surface area contributed by atoms with Crippen molar-refractivity contribution >= 4 is 34.7 Å². The van der Waals surface area contributed by atoms with Gasteiger partial charge in [0.15, 0.2) is 4.34 Å². The molecule has 3 nitrogen and oxygen atoms in total. The Bertz CT molecular complexity index is 602. The second kappa shape index (κ2) is 5.38. The lowest BCUT2D eigenvalue weighted by molar-refractivity contribution is 0.537. The lowest BCUT2D eigenvalue weighted by Crippen LogP contribution is -2.17. The van der Waals surface area contributed by atoms with Gasteiger partial charge in [-0.25, -0.2) is 15.0 Å². The van der Waals surface area contributed by atoms with Gasteiger partial charge in [-0.05, 0) is 25.6 Å². The Morgan fingerprint density at radius 3 is 2.37 bits per heavy atom. The standard InChI is InChI=1S/C13H16ClN3S2/c1-7-6-18-12(15-7)19-10-8(2)9(14)16-11(17-10)13(3,4)5/h6H,1-5H3. The first-order chi connectivity index (χ1) is 8.77. The van der Waals surface area contributed by atoms with E-state index in [9.17, 15) is 0 Å². The van der Waals surface area contributed by atoms with E-state index in [-0.39, 0.29) is 5.41 Å². The molecule has 6 heteroatoms. The van der Waals surface area contributed by atoms with Gasteiger partial charge < -0.3 is 0 Å². The maximum atomic E-state index is 6.22.